The average Bonchev–Trinajstić information content (AvgIpc) is 2.44. The molecule has 0 atom stereocenters. The molecule has 1 aromatic rings. The van der Waals surface area contributed by atoms with E-state index in [1.165, 1.54) is 0 Å². The summed E-state index contributed by atoms with van der Waals surface area (Å²) in [5, 5.41) is 0.704. The Morgan fingerprint density at radius 3 is 2.40 bits per heavy atom. The minimum atomic E-state index is 0.204. The Morgan fingerprint density at radius 1 is 1.25 bits per heavy atom. The summed E-state index contributed by atoms with van der Waals surface area (Å²) >= 11 is 5.87. The Balaban J connectivity index is 1.96. The Bertz CT molecular complexity index is 438. The standard InChI is InChI=1S/C16H23ClN2O/c1-2-19(15-9-7-14(18)8-10-15)16(20)11-12-3-5-13(17)6-4-12/h3-6,14-15H,2,7-11,18H2,1H3. The van der Waals surface area contributed by atoms with Crippen molar-refractivity contribution in [2.45, 2.75) is 51.1 Å². The molecule has 2 N–H and O–H groups in total. The number of nitrogens with two attached hydrogens (primary N) is 1. The summed E-state index contributed by atoms with van der Waals surface area (Å²) in [5.41, 5.74) is 6.96. The molecule has 20 heavy (non-hydrogen) atoms. The van der Waals surface area contributed by atoms with Gasteiger partial charge in [-0.3, -0.25) is 4.79 Å². The molecule has 0 aromatic heterocycles. The van der Waals surface area contributed by atoms with Crippen LogP contribution in [-0.4, -0.2) is 29.4 Å². The molecule has 0 radical (unpaired) electrons. The van der Waals surface area contributed by atoms with Crippen LogP contribution in [0.2, 0.25) is 5.02 Å². The van der Waals surface area contributed by atoms with Crippen LogP contribution < -0.4 is 5.73 Å². The van der Waals surface area contributed by atoms with E-state index in [-0.39, 0.29) is 5.91 Å². The van der Waals surface area contributed by atoms with Gasteiger partial charge < -0.3 is 10.6 Å². The number of carbonyl (C=O) groups is 1. The van der Waals surface area contributed by atoms with Crippen LogP contribution in [0.15, 0.2) is 24.3 Å². The lowest BCUT2D eigenvalue weighted by Gasteiger charge is -2.35. The number of likely N-dealkylation sites (N-methyl/N-ethyl adjacent to an activating group) is 1. The van der Waals surface area contributed by atoms with Gasteiger partial charge in [-0.15, -0.1) is 0 Å². The molecule has 0 saturated heterocycles. The molecule has 3 nitrogen and oxygen atoms in total. The minimum absolute atomic E-state index is 0.204. The maximum atomic E-state index is 12.5. The molecule has 4 heteroatoms. The smallest absolute Gasteiger partial charge is 0.227 e. The van der Waals surface area contributed by atoms with Gasteiger partial charge in [0, 0.05) is 23.7 Å². The molecule has 1 aliphatic rings. The summed E-state index contributed by atoms with van der Waals surface area (Å²) < 4.78 is 0. The van der Waals surface area contributed by atoms with E-state index in [1.54, 1.807) is 0 Å². The van der Waals surface area contributed by atoms with Gasteiger partial charge in [0.25, 0.3) is 0 Å². The zero-order valence-corrected chi connectivity index (χ0v) is 12.8. The number of amides is 1. The zero-order chi connectivity index (χ0) is 14.5. The first kappa shape index (κ1) is 15.3. The fourth-order valence-electron chi connectivity index (χ4n) is 2.93. The third kappa shape index (κ3) is 3.97. The predicted octanol–water partition coefficient (Wildman–Crippen LogP) is 3.00. The fraction of sp³-hybridized carbons (Fsp3) is 0.562. The third-order valence-corrected chi connectivity index (χ3v) is 4.36. The molecule has 0 bridgehead atoms. The van der Waals surface area contributed by atoms with Crippen LogP contribution in [0.1, 0.15) is 38.2 Å². The third-order valence-electron chi connectivity index (χ3n) is 4.11. The molecular weight excluding hydrogens is 272 g/mol. The van der Waals surface area contributed by atoms with Crippen LogP contribution in [0.3, 0.4) is 0 Å². The van der Waals surface area contributed by atoms with Gasteiger partial charge in [-0.1, -0.05) is 23.7 Å². The first-order valence-corrected chi connectivity index (χ1v) is 7.77. The average molecular weight is 295 g/mol. The molecule has 0 heterocycles. The van der Waals surface area contributed by atoms with E-state index in [4.69, 9.17) is 17.3 Å². The Morgan fingerprint density at radius 2 is 1.85 bits per heavy atom. The SMILES string of the molecule is CCN(C(=O)Cc1ccc(Cl)cc1)C1CCC(N)CC1. The predicted molar refractivity (Wildman–Crippen MR) is 82.8 cm³/mol. The number of nitrogens with zero attached hydrogens (tertiary/aromatic N) is 1. The Kier molecular flexibility index (Phi) is 5.44. The fourth-order valence-corrected chi connectivity index (χ4v) is 3.06. The van der Waals surface area contributed by atoms with Crippen molar-refractivity contribution in [3.05, 3.63) is 34.9 Å². The molecule has 1 aliphatic carbocycles. The van der Waals surface area contributed by atoms with Gasteiger partial charge in [0.05, 0.1) is 6.42 Å². The van der Waals surface area contributed by atoms with Crippen molar-refractivity contribution in [1.82, 2.24) is 4.90 Å². The second-order valence-corrected chi connectivity index (χ2v) is 5.99. The highest BCUT2D eigenvalue weighted by Crippen LogP contribution is 2.23. The van der Waals surface area contributed by atoms with Crippen molar-refractivity contribution in [1.29, 1.82) is 0 Å². The largest absolute Gasteiger partial charge is 0.340 e. The van der Waals surface area contributed by atoms with E-state index in [1.807, 2.05) is 36.1 Å². The van der Waals surface area contributed by atoms with Gasteiger partial charge in [-0.2, -0.15) is 0 Å². The molecule has 1 saturated carbocycles. The molecular formula is C16H23ClN2O. The lowest BCUT2D eigenvalue weighted by atomic mass is 9.90. The van der Waals surface area contributed by atoms with E-state index < -0.39 is 0 Å². The van der Waals surface area contributed by atoms with Crippen LogP contribution in [-0.2, 0) is 11.2 Å². The molecule has 0 spiro atoms. The Hall–Kier alpha value is -1.06. The molecule has 110 valence electrons. The second kappa shape index (κ2) is 7.09. The van der Waals surface area contributed by atoms with Crippen LogP contribution in [0.4, 0.5) is 0 Å². The van der Waals surface area contributed by atoms with E-state index in [0.717, 1.165) is 37.8 Å². The molecule has 1 aromatic carbocycles. The van der Waals surface area contributed by atoms with Crippen molar-refractivity contribution in [2.24, 2.45) is 5.73 Å². The lowest BCUT2D eigenvalue weighted by molar-refractivity contribution is -0.133. The van der Waals surface area contributed by atoms with Crippen molar-refractivity contribution >= 4 is 17.5 Å². The van der Waals surface area contributed by atoms with Gasteiger partial charge in [-0.05, 0) is 50.3 Å². The molecule has 0 aliphatic heterocycles. The summed E-state index contributed by atoms with van der Waals surface area (Å²) in [7, 11) is 0. The summed E-state index contributed by atoms with van der Waals surface area (Å²) in [6.45, 7) is 2.82. The van der Waals surface area contributed by atoms with Crippen LogP contribution in [0.25, 0.3) is 0 Å². The topological polar surface area (TPSA) is 46.3 Å². The van der Waals surface area contributed by atoms with E-state index in [9.17, 15) is 4.79 Å². The van der Waals surface area contributed by atoms with Gasteiger partial charge >= 0.3 is 0 Å². The van der Waals surface area contributed by atoms with Crippen molar-refractivity contribution in [3.63, 3.8) is 0 Å². The molecule has 1 fully saturated rings. The second-order valence-electron chi connectivity index (χ2n) is 5.55. The van der Waals surface area contributed by atoms with Crippen molar-refractivity contribution in [2.75, 3.05) is 6.54 Å². The van der Waals surface area contributed by atoms with Crippen molar-refractivity contribution < 1.29 is 4.79 Å². The number of hydrogen-bond acceptors (Lipinski definition) is 2. The summed E-state index contributed by atoms with van der Waals surface area (Å²) in [5.74, 6) is 0.204. The number of rotatable bonds is 4. The monoisotopic (exact) mass is 294 g/mol. The molecule has 2 rings (SSSR count). The molecule has 0 unspecified atom stereocenters. The first-order valence-electron chi connectivity index (χ1n) is 7.39. The van der Waals surface area contributed by atoms with Gasteiger partial charge in [0.2, 0.25) is 5.91 Å². The highest BCUT2D eigenvalue weighted by molar-refractivity contribution is 6.30. The first-order chi connectivity index (χ1) is 9.60. The Labute approximate surface area is 126 Å². The van der Waals surface area contributed by atoms with Gasteiger partial charge in [0.15, 0.2) is 0 Å². The van der Waals surface area contributed by atoms with Gasteiger partial charge in [0.1, 0.15) is 0 Å². The van der Waals surface area contributed by atoms with Crippen LogP contribution in [0, 0.1) is 0 Å². The minimum Gasteiger partial charge on any atom is -0.340 e. The summed E-state index contributed by atoms with van der Waals surface area (Å²) in [6.07, 6.45) is 4.56. The highest BCUT2D eigenvalue weighted by atomic mass is 35.5. The van der Waals surface area contributed by atoms with Crippen molar-refractivity contribution in [3.8, 4) is 0 Å². The quantitative estimate of drug-likeness (QED) is 0.928. The van der Waals surface area contributed by atoms with E-state index >= 15 is 0 Å². The highest BCUT2D eigenvalue weighted by Gasteiger charge is 2.26. The number of hydrogen-bond donors (Lipinski definition) is 1. The summed E-state index contributed by atoms with van der Waals surface area (Å²) in [4.78, 5) is 14.5. The van der Waals surface area contributed by atoms with Gasteiger partial charge in [-0.25, -0.2) is 0 Å². The maximum Gasteiger partial charge on any atom is 0.227 e. The summed E-state index contributed by atoms with van der Waals surface area (Å²) in [6, 6.07) is 8.19. The number of halogens is 1. The number of benzene rings is 1. The lowest BCUT2D eigenvalue weighted by Crippen LogP contribution is -2.44. The maximum absolute atomic E-state index is 12.5. The van der Waals surface area contributed by atoms with E-state index in [0.29, 0.717) is 23.5 Å². The molecule has 1 amide bonds. The number of carbonyl (C=O) groups excluding carboxylic acids is 1. The zero-order valence-electron chi connectivity index (χ0n) is 12.0. The van der Waals surface area contributed by atoms with E-state index in [2.05, 4.69) is 0 Å². The van der Waals surface area contributed by atoms with Crippen LogP contribution >= 0.6 is 11.6 Å². The van der Waals surface area contributed by atoms with Crippen LogP contribution in [0.5, 0.6) is 0 Å². The normalized spacial score (nSPS) is 22.6.